The first-order valence-electron chi connectivity index (χ1n) is 6.05. The van der Waals surface area contributed by atoms with Crippen LogP contribution in [0.5, 0.6) is 0 Å². The maximum Gasteiger partial charge on any atom is 0.236 e. The Kier molecular flexibility index (Phi) is 4.33. The van der Waals surface area contributed by atoms with Crippen LogP contribution in [-0.4, -0.2) is 60.5 Å². The van der Waals surface area contributed by atoms with Crippen molar-refractivity contribution in [1.29, 1.82) is 0 Å². The van der Waals surface area contributed by atoms with E-state index >= 15 is 0 Å². The first kappa shape index (κ1) is 13.5. The zero-order valence-corrected chi connectivity index (χ0v) is 11.2. The van der Waals surface area contributed by atoms with Gasteiger partial charge in [-0.3, -0.25) is 9.69 Å². The van der Waals surface area contributed by atoms with Crippen LogP contribution in [0.15, 0.2) is 0 Å². The highest BCUT2D eigenvalue weighted by molar-refractivity contribution is 5.78. The standard InChI is InChI=1S/C12H25N3O/c1-10(2)14(5)8-11(16)15-7-6-13-12(3,4)9-15/h10,13H,6-9H2,1-5H3. The van der Waals surface area contributed by atoms with E-state index < -0.39 is 0 Å². The Morgan fingerprint density at radius 3 is 2.62 bits per heavy atom. The van der Waals surface area contributed by atoms with E-state index in [4.69, 9.17) is 0 Å². The lowest BCUT2D eigenvalue weighted by Gasteiger charge is -2.39. The topological polar surface area (TPSA) is 35.6 Å². The number of nitrogens with zero attached hydrogens (tertiary/aromatic N) is 2. The van der Waals surface area contributed by atoms with Gasteiger partial charge in [0.2, 0.25) is 5.91 Å². The highest BCUT2D eigenvalue weighted by atomic mass is 16.2. The third-order valence-corrected chi connectivity index (χ3v) is 3.19. The van der Waals surface area contributed by atoms with Crippen LogP contribution >= 0.6 is 0 Å². The fraction of sp³-hybridized carbons (Fsp3) is 0.917. The monoisotopic (exact) mass is 227 g/mol. The van der Waals surface area contributed by atoms with Gasteiger partial charge in [-0.1, -0.05) is 0 Å². The van der Waals surface area contributed by atoms with Gasteiger partial charge >= 0.3 is 0 Å². The SMILES string of the molecule is CC(C)N(C)CC(=O)N1CCNC(C)(C)C1. The number of hydrogen-bond donors (Lipinski definition) is 1. The van der Waals surface area contributed by atoms with Crippen molar-refractivity contribution >= 4 is 5.91 Å². The Morgan fingerprint density at radius 2 is 2.12 bits per heavy atom. The largest absolute Gasteiger partial charge is 0.338 e. The molecule has 1 N–H and O–H groups in total. The number of likely N-dealkylation sites (N-methyl/N-ethyl adjacent to an activating group) is 1. The number of nitrogens with one attached hydrogen (secondary N) is 1. The van der Waals surface area contributed by atoms with Crippen molar-refractivity contribution in [2.75, 3.05) is 33.2 Å². The van der Waals surface area contributed by atoms with Gasteiger partial charge in [-0.05, 0) is 34.7 Å². The van der Waals surface area contributed by atoms with Crippen LogP contribution in [0, 0.1) is 0 Å². The van der Waals surface area contributed by atoms with E-state index in [9.17, 15) is 4.79 Å². The lowest BCUT2D eigenvalue weighted by atomic mass is 10.0. The maximum atomic E-state index is 12.1. The fourth-order valence-corrected chi connectivity index (χ4v) is 1.85. The highest BCUT2D eigenvalue weighted by Crippen LogP contribution is 2.10. The molecule has 16 heavy (non-hydrogen) atoms. The molecule has 4 nitrogen and oxygen atoms in total. The van der Waals surface area contributed by atoms with E-state index in [0.29, 0.717) is 12.6 Å². The van der Waals surface area contributed by atoms with Crippen LogP contribution in [0.1, 0.15) is 27.7 Å². The number of hydrogen-bond acceptors (Lipinski definition) is 3. The predicted octanol–water partition coefficient (Wildman–Crippen LogP) is 0.537. The van der Waals surface area contributed by atoms with Crippen molar-refractivity contribution in [1.82, 2.24) is 15.1 Å². The van der Waals surface area contributed by atoms with Crippen molar-refractivity contribution in [3.05, 3.63) is 0 Å². The van der Waals surface area contributed by atoms with Crippen LogP contribution in [0.3, 0.4) is 0 Å². The predicted molar refractivity (Wildman–Crippen MR) is 66.4 cm³/mol. The molecular weight excluding hydrogens is 202 g/mol. The minimum atomic E-state index is 0.0459. The summed E-state index contributed by atoms with van der Waals surface area (Å²) >= 11 is 0. The van der Waals surface area contributed by atoms with Crippen LogP contribution in [0.2, 0.25) is 0 Å². The summed E-state index contributed by atoms with van der Waals surface area (Å²) in [5.41, 5.74) is 0.0459. The third kappa shape index (κ3) is 3.76. The first-order valence-corrected chi connectivity index (χ1v) is 6.05. The summed E-state index contributed by atoms with van der Waals surface area (Å²) in [6, 6.07) is 0.417. The van der Waals surface area contributed by atoms with Crippen LogP contribution < -0.4 is 5.32 Å². The van der Waals surface area contributed by atoms with Crippen molar-refractivity contribution in [2.45, 2.75) is 39.3 Å². The minimum Gasteiger partial charge on any atom is -0.338 e. The van der Waals surface area contributed by atoms with Gasteiger partial charge in [0, 0.05) is 31.2 Å². The van der Waals surface area contributed by atoms with Gasteiger partial charge in [-0.25, -0.2) is 0 Å². The molecule has 4 heteroatoms. The van der Waals surface area contributed by atoms with E-state index in [1.807, 2.05) is 11.9 Å². The fourth-order valence-electron chi connectivity index (χ4n) is 1.85. The molecule has 0 radical (unpaired) electrons. The average molecular weight is 227 g/mol. The maximum absolute atomic E-state index is 12.1. The number of amides is 1. The molecule has 94 valence electrons. The molecule has 1 amide bonds. The lowest BCUT2D eigenvalue weighted by Crippen LogP contribution is -2.59. The van der Waals surface area contributed by atoms with E-state index in [-0.39, 0.29) is 11.4 Å². The molecule has 0 aliphatic carbocycles. The Balaban J connectivity index is 2.48. The van der Waals surface area contributed by atoms with Crippen molar-refractivity contribution in [3.8, 4) is 0 Å². The third-order valence-electron chi connectivity index (χ3n) is 3.19. The number of carbonyl (C=O) groups is 1. The Labute approximate surface area is 99.0 Å². The molecule has 1 rings (SSSR count). The normalized spacial score (nSPS) is 20.6. The van der Waals surface area contributed by atoms with Gasteiger partial charge < -0.3 is 10.2 Å². The minimum absolute atomic E-state index is 0.0459. The second-order valence-electron chi connectivity index (χ2n) is 5.63. The Morgan fingerprint density at radius 1 is 1.50 bits per heavy atom. The van der Waals surface area contributed by atoms with Crippen molar-refractivity contribution in [3.63, 3.8) is 0 Å². The summed E-state index contributed by atoms with van der Waals surface area (Å²) in [5.74, 6) is 0.241. The van der Waals surface area contributed by atoms with Crippen molar-refractivity contribution < 1.29 is 4.79 Å². The molecule has 1 fully saturated rings. The average Bonchev–Trinajstić information content (AvgIpc) is 2.15. The first-order chi connectivity index (χ1) is 7.32. The van der Waals surface area contributed by atoms with E-state index in [2.05, 4.69) is 37.9 Å². The molecule has 0 spiro atoms. The van der Waals surface area contributed by atoms with Crippen LogP contribution in [-0.2, 0) is 4.79 Å². The molecule has 1 aliphatic heterocycles. The van der Waals surface area contributed by atoms with Gasteiger partial charge in [0.15, 0.2) is 0 Å². The van der Waals surface area contributed by atoms with E-state index in [0.717, 1.165) is 19.6 Å². The quantitative estimate of drug-likeness (QED) is 0.764. The molecule has 0 bridgehead atoms. The highest BCUT2D eigenvalue weighted by Gasteiger charge is 2.28. The lowest BCUT2D eigenvalue weighted by molar-refractivity contribution is -0.134. The van der Waals surface area contributed by atoms with Gasteiger partial charge in [-0.15, -0.1) is 0 Å². The zero-order valence-electron chi connectivity index (χ0n) is 11.2. The van der Waals surface area contributed by atoms with Crippen molar-refractivity contribution in [2.24, 2.45) is 0 Å². The molecule has 0 saturated carbocycles. The molecule has 1 heterocycles. The van der Waals surface area contributed by atoms with E-state index in [1.165, 1.54) is 0 Å². The zero-order chi connectivity index (χ0) is 12.3. The smallest absolute Gasteiger partial charge is 0.236 e. The Bertz CT molecular complexity index is 251. The number of carbonyl (C=O) groups excluding carboxylic acids is 1. The second kappa shape index (κ2) is 5.15. The summed E-state index contributed by atoms with van der Waals surface area (Å²) in [4.78, 5) is 16.1. The summed E-state index contributed by atoms with van der Waals surface area (Å²) in [5, 5.41) is 3.41. The second-order valence-corrected chi connectivity index (χ2v) is 5.63. The van der Waals surface area contributed by atoms with Gasteiger partial charge in [0.25, 0.3) is 0 Å². The molecule has 1 saturated heterocycles. The number of rotatable bonds is 3. The molecular formula is C12H25N3O. The van der Waals surface area contributed by atoms with Gasteiger partial charge in [0.05, 0.1) is 6.54 Å². The molecule has 0 atom stereocenters. The Hall–Kier alpha value is -0.610. The molecule has 0 aromatic rings. The number of piperazine rings is 1. The molecule has 1 aliphatic rings. The van der Waals surface area contributed by atoms with Crippen LogP contribution in [0.25, 0.3) is 0 Å². The summed E-state index contributed by atoms with van der Waals surface area (Å²) < 4.78 is 0. The molecule has 0 unspecified atom stereocenters. The summed E-state index contributed by atoms with van der Waals surface area (Å²) in [6.45, 7) is 11.5. The summed E-state index contributed by atoms with van der Waals surface area (Å²) in [6.07, 6.45) is 0. The van der Waals surface area contributed by atoms with Gasteiger partial charge in [-0.2, -0.15) is 0 Å². The van der Waals surface area contributed by atoms with Crippen LogP contribution in [0.4, 0.5) is 0 Å². The molecule has 0 aromatic heterocycles. The molecule has 0 aromatic carbocycles. The van der Waals surface area contributed by atoms with Gasteiger partial charge in [0.1, 0.15) is 0 Å². The summed E-state index contributed by atoms with van der Waals surface area (Å²) in [7, 11) is 2.00. The van der Waals surface area contributed by atoms with E-state index in [1.54, 1.807) is 0 Å².